The zero-order chi connectivity index (χ0) is 18.6. The first-order valence-corrected chi connectivity index (χ1v) is 9.55. The molecule has 27 heavy (non-hydrogen) atoms. The van der Waals surface area contributed by atoms with Gasteiger partial charge in [0.25, 0.3) is 5.91 Å². The Morgan fingerprint density at radius 2 is 1.67 bits per heavy atom. The van der Waals surface area contributed by atoms with Gasteiger partial charge in [0.05, 0.1) is 0 Å². The summed E-state index contributed by atoms with van der Waals surface area (Å²) in [7, 11) is 0. The minimum Gasteiger partial charge on any atom is -0.355 e. The van der Waals surface area contributed by atoms with Crippen LogP contribution in [0.15, 0.2) is 54.6 Å². The minimum atomic E-state index is -0.193. The van der Waals surface area contributed by atoms with Gasteiger partial charge in [0, 0.05) is 30.4 Å². The van der Waals surface area contributed by atoms with Gasteiger partial charge >= 0.3 is 0 Å². The molecule has 0 atom stereocenters. The second-order valence-electron chi connectivity index (χ2n) is 7.26. The van der Waals surface area contributed by atoms with Crippen LogP contribution in [0, 0.1) is 5.92 Å². The van der Waals surface area contributed by atoms with Crippen molar-refractivity contribution in [3.63, 3.8) is 0 Å². The van der Waals surface area contributed by atoms with Crippen molar-refractivity contribution in [2.75, 3.05) is 18.0 Å². The Labute approximate surface area is 159 Å². The van der Waals surface area contributed by atoms with Gasteiger partial charge in [-0.2, -0.15) is 0 Å². The quantitative estimate of drug-likeness (QED) is 0.769. The third kappa shape index (κ3) is 3.77. The lowest BCUT2D eigenvalue weighted by Gasteiger charge is -2.31. The molecule has 5 nitrogen and oxygen atoms in total. The number of carbonyl (C=O) groups excluding carboxylic acids is 1. The first-order chi connectivity index (χ1) is 13.2. The lowest BCUT2D eigenvalue weighted by molar-refractivity contribution is 0.0947. The molecule has 2 aromatic carbocycles. The summed E-state index contributed by atoms with van der Waals surface area (Å²) in [5, 5.41) is 13.6. The first-order valence-electron chi connectivity index (χ1n) is 9.55. The molecule has 0 spiro atoms. The summed E-state index contributed by atoms with van der Waals surface area (Å²) in [6.07, 6.45) is 2.32. The van der Waals surface area contributed by atoms with E-state index in [2.05, 4.69) is 27.3 Å². The molecule has 138 valence electrons. The van der Waals surface area contributed by atoms with E-state index in [1.807, 2.05) is 54.6 Å². The molecule has 4 rings (SSSR count). The van der Waals surface area contributed by atoms with E-state index >= 15 is 0 Å². The molecule has 1 aromatic heterocycles. The average Bonchev–Trinajstić information content (AvgIpc) is 2.73. The predicted molar refractivity (Wildman–Crippen MR) is 108 cm³/mol. The van der Waals surface area contributed by atoms with E-state index in [0.29, 0.717) is 12.2 Å². The zero-order valence-corrected chi connectivity index (χ0v) is 15.6. The SMILES string of the molecule is CC1CCN(c2nnc(C(=O)NCc3ccccc3)c3ccccc23)CC1. The summed E-state index contributed by atoms with van der Waals surface area (Å²) in [6, 6.07) is 17.8. The molecule has 1 saturated heterocycles. The fourth-order valence-corrected chi connectivity index (χ4v) is 3.57. The Bertz CT molecular complexity index is 933. The average molecular weight is 360 g/mol. The van der Waals surface area contributed by atoms with E-state index in [0.717, 1.165) is 54.0 Å². The fraction of sp³-hybridized carbons (Fsp3) is 0.318. The maximum atomic E-state index is 12.7. The number of hydrogen-bond donors (Lipinski definition) is 1. The lowest BCUT2D eigenvalue weighted by Crippen LogP contribution is -2.34. The van der Waals surface area contributed by atoms with Gasteiger partial charge in [-0.1, -0.05) is 61.5 Å². The number of carbonyl (C=O) groups is 1. The summed E-state index contributed by atoms with van der Waals surface area (Å²) in [5.41, 5.74) is 1.44. The van der Waals surface area contributed by atoms with Crippen molar-refractivity contribution in [1.82, 2.24) is 15.5 Å². The number of nitrogens with zero attached hydrogens (tertiary/aromatic N) is 3. The van der Waals surface area contributed by atoms with Crippen LogP contribution < -0.4 is 10.2 Å². The predicted octanol–water partition coefficient (Wildman–Crippen LogP) is 3.80. The number of piperidine rings is 1. The standard InChI is InChI=1S/C22H24N4O/c1-16-11-13-26(14-12-16)21-19-10-6-5-9-18(19)20(24-25-21)22(27)23-15-17-7-3-2-4-8-17/h2-10,16H,11-15H2,1H3,(H,23,27). The van der Waals surface area contributed by atoms with Crippen LogP contribution in [0.2, 0.25) is 0 Å². The summed E-state index contributed by atoms with van der Waals surface area (Å²) in [4.78, 5) is 15.0. The largest absolute Gasteiger partial charge is 0.355 e. The van der Waals surface area contributed by atoms with Gasteiger partial charge in [0.1, 0.15) is 0 Å². The van der Waals surface area contributed by atoms with E-state index in [4.69, 9.17) is 0 Å². The smallest absolute Gasteiger partial charge is 0.272 e. The molecule has 0 bridgehead atoms. The van der Waals surface area contributed by atoms with Gasteiger partial charge in [-0.3, -0.25) is 4.79 Å². The van der Waals surface area contributed by atoms with Crippen LogP contribution in [0.25, 0.3) is 10.8 Å². The van der Waals surface area contributed by atoms with E-state index in [1.54, 1.807) is 0 Å². The van der Waals surface area contributed by atoms with E-state index in [9.17, 15) is 4.79 Å². The van der Waals surface area contributed by atoms with Crippen molar-refractivity contribution < 1.29 is 4.79 Å². The van der Waals surface area contributed by atoms with Gasteiger partial charge in [0.15, 0.2) is 11.5 Å². The Hall–Kier alpha value is -2.95. The third-order valence-corrected chi connectivity index (χ3v) is 5.26. The van der Waals surface area contributed by atoms with Crippen molar-refractivity contribution in [2.45, 2.75) is 26.3 Å². The van der Waals surface area contributed by atoms with Crippen molar-refractivity contribution in [3.8, 4) is 0 Å². The summed E-state index contributed by atoms with van der Waals surface area (Å²) >= 11 is 0. The highest BCUT2D eigenvalue weighted by Crippen LogP contribution is 2.29. The molecule has 3 aromatic rings. The van der Waals surface area contributed by atoms with Crippen LogP contribution in [0.4, 0.5) is 5.82 Å². The molecule has 1 amide bonds. The summed E-state index contributed by atoms with van der Waals surface area (Å²) < 4.78 is 0. The molecule has 0 unspecified atom stereocenters. The summed E-state index contributed by atoms with van der Waals surface area (Å²) in [6.45, 7) is 4.74. The molecule has 5 heteroatoms. The highest BCUT2D eigenvalue weighted by Gasteiger charge is 2.22. The highest BCUT2D eigenvalue weighted by atomic mass is 16.1. The molecular formula is C22H24N4O. The second-order valence-corrected chi connectivity index (χ2v) is 7.26. The molecule has 0 aliphatic carbocycles. The number of rotatable bonds is 4. The number of fused-ring (bicyclic) bond motifs is 1. The third-order valence-electron chi connectivity index (χ3n) is 5.26. The van der Waals surface area contributed by atoms with Gasteiger partial charge in [-0.15, -0.1) is 10.2 Å². The second kappa shape index (κ2) is 7.74. The van der Waals surface area contributed by atoms with Crippen LogP contribution in [-0.4, -0.2) is 29.2 Å². The molecule has 1 fully saturated rings. The number of amides is 1. The summed E-state index contributed by atoms with van der Waals surface area (Å²) in [5.74, 6) is 1.45. The number of benzene rings is 2. The highest BCUT2D eigenvalue weighted by molar-refractivity contribution is 6.07. The Morgan fingerprint density at radius 1 is 1.00 bits per heavy atom. The van der Waals surface area contributed by atoms with Crippen molar-refractivity contribution in [1.29, 1.82) is 0 Å². The molecule has 0 saturated carbocycles. The Morgan fingerprint density at radius 3 is 2.41 bits per heavy atom. The lowest BCUT2D eigenvalue weighted by atomic mass is 9.99. The molecule has 2 heterocycles. The van der Waals surface area contributed by atoms with Crippen molar-refractivity contribution in [2.24, 2.45) is 5.92 Å². The molecular weight excluding hydrogens is 336 g/mol. The number of nitrogens with one attached hydrogen (secondary N) is 1. The van der Waals surface area contributed by atoms with Crippen LogP contribution >= 0.6 is 0 Å². The van der Waals surface area contributed by atoms with E-state index in [1.165, 1.54) is 0 Å². The first kappa shape index (κ1) is 17.5. The number of anilines is 1. The normalized spacial score (nSPS) is 15.1. The molecule has 0 radical (unpaired) electrons. The van der Waals surface area contributed by atoms with Gasteiger partial charge in [-0.25, -0.2) is 0 Å². The van der Waals surface area contributed by atoms with Gasteiger partial charge < -0.3 is 10.2 Å². The van der Waals surface area contributed by atoms with Crippen LogP contribution in [0.3, 0.4) is 0 Å². The monoisotopic (exact) mass is 360 g/mol. The van der Waals surface area contributed by atoms with Crippen LogP contribution in [-0.2, 0) is 6.54 Å². The number of hydrogen-bond acceptors (Lipinski definition) is 4. The molecule has 1 N–H and O–H groups in total. The maximum Gasteiger partial charge on any atom is 0.272 e. The number of aromatic nitrogens is 2. The van der Waals surface area contributed by atoms with Gasteiger partial charge in [0.2, 0.25) is 0 Å². The Balaban J connectivity index is 1.60. The minimum absolute atomic E-state index is 0.193. The van der Waals surface area contributed by atoms with E-state index in [-0.39, 0.29) is 5.91 Å². The Kier molecular flexibility index (Phi) is 5.01. The van der Waals surface area contributed by atoms with Crippen LogP contribution in [0.1, 0.15) is 35.8 Å². The van der Waals surface area contributed by atoms with Crippen molar-refractivity contribution >= 4 is 22.5 Å². The van der Waals surface area contributed by atoms with Gasteiger partial charge in [-0.05, 0) is 24.3 Å². The van der Waals surface area contributed by atoms with Crippen LogP contribution in [0.5, 0.6) is 0 Å². The zero-order valence-electron chi connectivity index (χ0n) is 15.6. The van der Waals surface area contributed by atoms with Crippen molar-refractivity contribution in [3.05, 3.63) is 65.9 Å². The maximum absolute atomic E-state index is 12.7. The topological polar surface area (TPSA) is 58.1 Å². The van der Waals surface area contributed by atoms with E-state index < -0.39 is 0 Å². The fourth-order valence-electron chi connectivity index (χ4n) is 3.57. The molecule has 1 aliphatic heterocycles. The molecule has 1 aliphatic rings.